The molecule has 0 aromatic carbocycles. The van der Waals surface area contributed by atoms with Crippen molar-refractivity contribution in [3.8, 4) is 0 Å². The van der Waals surface area contributed by atoms with Crippen LogP contribution in [0.3, 0.4) is 0 Å². The molecule has 16 heavy (non-hydrogen) atoms. The number of rotatable bonds is 5. The Labute approximate surface area is 99.1 Å². The molecule has 0 aliphatic carbocycles. The smallest absolute Gasteiger partial charge is 0.264 e. The van der Waals surface area contributed by atoms with Crippen LogP contribution in [0.4, 0.5) is 0 Å². The Morgan fingerprint density at radius 3 is 2.31 bits per heavy atom. The van der Waals surface area contributed by atoms with Crippen molar-refractivity contribution in [2.75, 3.05) is 13.1 Å². The van der Waals surface area contributed by atoms with E-state index in [1.165, 1.54) is 16.2 Å². The summed E-state index contributed by atoms with van der Waals surface area (Å²) in [6.07, 6.45) is -1.19. The minimum Gasteiger partial charge on any atom is -0.392 e. The summed E-state index contributed by atoms with van der Waals surface area (Å²) >= 11 is 1.36. The minimum atomic E-state index is -0.595. The zero-order valence-electron chi connectivity index (χ0n) is 9.46. The van der Waals surface area contributed by atoms with Crippen LogP contribution in [0, 0.1) is 0 Å². The lowest BCUT2D eigenvalue weighted by Crippen LogP contribution is -2.40. The monoisotopic (exact) mass is 243 g/mol. The fourth-order valence-electron chi connectivity index (χ4n) is 1.43. The van der Waals surface area contributed by atoms with Crippen LogP contribution in [0.1, 0.15) is 23.5 Å². The third-order valence-electron chi connectivity index (χ3n) is 1.99. The quantitative estimate of drug-likeness (QED) is 0.809. The molecule has 0 aliphatic rings. The van der Waals surface area contributed by atoms with E-state index in [1.807, 2.05) is 5.38 Å². The largest absolute Gasteiger partial charge is 0.392 e. The van der Waals surface area contributed by atoms with Crippen molar-refractivity contribution in [2.24, 2.45) is 0 Å². The van der Waals surface area contributed by atoms with E-state index in [2.05, 4.69) is 0 Å². The van der Waals surface area contributed by atoms with Crippen molar-refractivity contribution < 1.29 is 15.0 Å². The SMILES string of the molecule is CC(O)CN(CC(C)O)C(=O)c1cccs1. The highest BCUT2D eigenvalue weighted by Crippen LogP contribution is 2.12. The zero-order chi connectivity index (χ0) is 12.1. The van der Waals surface area contributed by atoms with Gasteiger partial charge in [-0.3, -0.25) is 4.79 Å². The molecule has 1 heterocycles. The Kier molecular flexibility index (Phi) is 4.92. The molecule has 1 aromatic rings. The normalized spacial score (nSPS) is 14.5. The average Bonchev–Trinajstić information content (AvgIpc) is 2.66. The van der Waals surface area contributed by atoms with Gasteiger partial charge in [-0.15, -0.1) is 11.3 Å². The van der Waals surface area contributed by atoms with Crippen LogP contribution in [0.2, 0.25) is 0 Å². The Hall–Kier alpha value is -0.910. The number of hydrogen-bond donors (Lipinski definition) is 2. The maximum atomic E-state index is 12.0. The molecule has 0 radical (unpaired) electrons. The van der Waals surface area contributed by atoms with E-state index >= 15 is 0 Å². The van der Waals surface area contributed by atoms with E-state index in [1.54, 1.807) is 26.0 Å². The third-order valence-corrected chi connectivity index (χ3v) is 2.85. The lowest BCUT2D eigenvalue weighted by Gasteiger charge is -2.24. The van der Waals surface area contributed by atoms with Crippen molar-refractivity contribution in [2.45, 2.75) is 26.1 Å². The Balaban J connectivity index is 2.71. The number of carbonyl (C=O) groups is 1. The summed E-state index contributed by atoms with van der Waals surface area (Å²) in [5.41, 5.74) is 0. The summed E-state index contributed by atoms with van der Waals surface area (Å²) < 4.78 is 0. The number of thiophene rings is 1. The van der Waals surface area contributed by atoms with Gasteiger partial charge in [-0.1, -0.05) is 6.07 Å². The third kappa shape index (κ3) is 3.92. The molecule has 0 aliphatic heterocycles. The fraction of sp³-hybridized carbons (Fsp3) is 0.545. The zero-order valence-corrected chi connectivity index (χ0v) is 10.3. The summed E-state index contributed by atoms with van der Waals surface area (Å²) in [6.45, 7) is 3.72. The van der Waals surface area contributed by atoms with Gasteiger partial charge in [0.2, 0.25) is 0 Å². The summed E-state index contributed by atoms with van der Waals surface area (Å²) in [6, 6.07) is 3.55. The standard InChI is InChI=1S/C11H17NO3S/c1-8(13)6-12(7-9(2)14)11(15)10-4-3-5-16-10/h3-5,8-9,13-14H,6-7H2,1-2H3. The van der Waals surface area contributed by atoms with Crippen molar-refractivity contribution in [3.05, 3.63) is 22.4 Å². The average molecular weight is 243 g/mol. The van der Waals surface area contributed by atoms with Crippen LogP contribution in [0.5, 0.6) is 0 Å². The molecular formula is C11H17NO3S. The second kappa shape index (κ2) is 5.98. The van der Waals surface area contributed by atoms with E-state index in [0.29, 0.717) is 4.88 Å². The first-order valence-electron chi connectivity index (χ1n) is 5.19. The molecule has 5 heteroatoms. The molecule has 0 saturated heterocycles. The topological polar surface area (TPSA) is 60.8 Å². The lowest BCUT2D eigenvalue weighted by molar-refractivity contribution is 0.0522. The molecule has 1 amide bonds. The number of hydrogen-bond acceptors (Lipinski definition) is 4. The number of aliphatic hydroxyl groups excluding tert-OH is 2. The van der Waals surface area contributed by atoms with Crippen LogP contribution in [0.15, 0.2) is 17.5 Å². The maximum Gasteiger partial charge on any atom is 0.264 e. The van der Waals surface area contributed by atoms with Crippen molar-refractivity contribution in [1.82, 2.24) is 4.90 Å². The molecule has 1 rings (SSSR count). The van der Waals surface area contributed by atoms with Crippen LogP contribution in [-0.4, -0.2) is 46.3 Å². The second-order valence-corrected chi connectivity index (χ2v) is 4.83. The summed E-state index contributed by atoms with van der Waals surface area (Å²) in [5.74, 6) is -0.142. The van der Waals surface area contributed by atoms with Gasteiger partial charge in [-0.2, -0.15) is 0 Å². The van der Waals surface area contributed by atoms with Gasteiger partial charge < -0.3 is 15.1 Å². The first-order valence-corrected chi connectivity index (χ1v) is 6.07. The fourth-order valence-corrected chi connectivity index (χ4v) is 2.13. The van der Waals surface area contributed by atoms with Crippen LogP contribution in [-0.2, 0) is 0 Å². The number of aliphatic hydroxyl groups is 2. The number of carbonyl (C=O) groups excluding carboxylic acids is 1. The van der Waals surface area contributed by atoms with Gasteiger partial charge in [-0.25, -0.2) is 0 Å². The van der Waals surface area contributed by atoms with Gasteiger partial charge in [0.25, 0.3) is 5.91 Å². The van der Waals surface area contributed by atoms with Crippen LogP contribution < -0.4 is 0 Å². The molecule has 90 valence electrons. The Bertz CT molecular complexity index is 312. The van der Waals surface area contributed by atoms with Gasteiger partial charge >= 0.3 is 0 Å². The summed E-state index contributed by atoms with van der Waals surface area (Å²) in [5, 5.41) is 20.4. The number of amides is 1. The summed E-state index contributed by atoms with van der Waals surface area (Å²) in [7, 11) is 0. The molecule has 2 N–H and O–H groups in total. The van der Waals surface area contributed by atoms with E-state index in [-0.39, 0.29) is 19.0 Å². The predicted octanol–water partition coefficient (Wildman–Crippen LogP) is 0.952. The predicted molar refractivity (Wildman–Crippen MR) is 63.6 cm³/mol. The molecule has 0 fully saturated rings. The van der Waals surface area contributed by atoms with Crippen molar-refractivity contribution >= 4 is 17.2 Å². The lowest BCUT2D eigenvalue weighted by atomic mass is 10.3. The van der Waals surface area contributed by atoms with Gasteiger partial charge in [-0.05, 0) is 25.3 Å². The maximum absolute atomic E-state index is 12.0. The van der Waals surface area contributed by atoms with Gasteiger partial charge in [0.15, 0.2) is 0 Å². The molecule has 2 unspecified atom stereocenters. The molecule has 4 nitrogen and oxygen atoms in total. The minimum absolute atomic E-state index is 0.142. The highest BCUT2D eigenvalue weighted by Gasteiger charge is 2.19. The van der Waals surface area contributed by atoms with E-state index in [9.17, 15) is 15.0 Å². The van der Waals surface area contributed by atoms with Gasteiger partial charge in [0.1, 0.15) is 0 Å². The first kappa shape index (κ1) is 13.2. The van der Waals surface area contributed by atoms with Crippen LogP contribution >= 0.6 is 11.3 Å². The number of nitrogens with zero attached hydrogens (tertiary/aromatic N) is 1. The van der Waals surface area contributed by atoms with Crippen molar-refractivity contribution in [3.63, 3.8) is 0 Å². The highest BCUT2D eigenvalue weighted by molar-refractivity contribution is 7.12. The first-order chi connectivity index (χ1) is 7.50. The van der Waals surface area contributed by atoms with Gasteiger partial charge in [0.05, 0.1) is 17.1 Å². The van der Waals surface area contributed by atoms with Gasteiger partial charge in [0, 0.05) is 13.1 Å². The van der Waals surface area contributed by atoms with Crippen molar-refractivity contribution in [1.29, 1.82) is 0 Å². The van der Waals surface area contributed by atoms with E-state index in [0.717, 1.165) is 0 Å². The molecule has 0 bridgehead atoms. The second-order valence-electron chi connectivity index (χ2n) is 3.89. The Morgan fingerprint density at radius 2 is 1.94 bits per heavy atom. The van der Waals surface area contributed by atoms with E-state index in [4.69, 9.17) is 0 Å². The molecule has 1 aromatic heterocycles. The Morgan fingerprint density at radius 1 is 1.38 bits per heavy atom. The molecule has 2 atom stereocenters. The molecule has 0 spiro atoms. The summed E-state index contributed by atoms with van der Waals surface area (Å²) in [4.78, 5) is 14.1. The molecule has 0 saturated carbocycles. The highest BCUT2D eigenvalue weighted by atomic mass is 32.1. The molecular weight excluding hydrogens is 226 g/mol. The van der Waals surface area contributed by atoms with E-state index < -0.39 is 12.2 Å². The van der Waals surface area contributed by atoms with Crippen LogP contribution in [0.25, 0.3) is 0 Å².